The van der Waals surface area contributed by atoms with Gasteiger partial charge in [0.05, 0.1) is 24.0 Å². The Labute approximate surface area is 191 Å². The minimum atomic E-state index is -1.30. The molecule has 0 aliphatic heterocycles. The first-order chi connectivity index (χ1) is 13.1. The maximum Gasteiger partial charge on any atom is 1.00 e. The van der Waals surface area contributed by atoms with Gasteiger partial charge in [0.15, 0.2) is 0 Å². The van der Waals surface area contributed by atoms with E-state index in [1.54, 1.807) is 18.2 Å². The van der Waals surface area contributed by atoms with Crippen molar-refractivity contribution in [2.45, 2.75) is 19.8 Å². The van der Waals surface area contributed by atoms with Gasteiger partial charge in [0.2, 0.25) is 0 Å². The topological polar surface area (TPSA) is 62.2 Å². The molecule has 28 heavy (non-hydrogen) atoms. The number of nitrogens with zero attached hydrogens (tertiary/aromatic N) is 1. The third kappa shape index (κ3) is 5.36. The molecule has 138 valence electrons. The van der Waals surface area contributed by atoms with E-state index in [-0.39, 0.29) is 35.3 Å². The molecule has 0 aliphatic carbocycles. The molecule has 0 N–H and O–H groups in total. The zero-order chi connectivity index (χ0) is 19.2. The van der Waals surface area contributed by atoms with Gasteiger partial charge in [-0.3, -0.25) is 0 Å². The number of carboxylic acids is 1. The Morgan fingerprint density at radius 2 is 1.79 bits per heavy atom. The van der Waals surface area contributed by atoms with E-state index in [9.17, 15) is 9.90 Å². The molecule has 0 amide bonds. The fourth-order valence-corrected chi connectivity index (χ4v) is 2.98. The number of ether oxygens (including phenoxy) is 1. The number of halogens is 1. The molecule has 0 unspecified atom stereocenters. The molecular weight excluding hydrogens is 385 g/mol. The Morgan fingerprint density at radius 3 is 2.50 bits per heavy atom. The molecular formula is C22H19ClNNaO3. The molecule has 3 rings (SSSR count). The Balaban J connectivity index is 0.00000280. The van der Waals surface area contributed by atoms with Gasteiger partial charge in [-0.1, -0.05) is 55.3 Å². The van der Waals surface area contributed by atoms with Crippen LogP contribution in [0.25, 0.3) is 22.4 Å². The number of hydrogen-bond acceptors (Lipinski definition) is 4. The molecule has 0 spiro atoms. The summed E-state index contributed by atoms with van der Waals surface area (Å²) in [4.78, 5) is 15.4. The normalized spacial score (nSPS) is 10.2. The van der Waals surface area contributed by atoms with Crippen molar-refractivity contribution in [1.29, 1.82) is 0 Å². The van der Waals surface area contributed by atoms with E-state index in [0.717, 1.165) is 35.3 Å². The summed E-state index contributed by atoms with van der Waals surface area (Å²) in [5.41, 5.74) is 2.95. The van der Waals surface area contributed by atoms with E-state index in [1.807, 2.05) is 36.4 Å². The van der Waals surface area contributed by atoms with Gasteiger partial charge in [-0.25, -0.2) is 4.98 Å². The van der Waals surface area contributed by atoms with Gasteiger partial charge < -0.3 is 14.6 Å². The van der Waals surface area contributed by atoms with Gasteiger partial charge in [-0.2, -0.15) is 0 Å². The number of hydrogen-bond donors (Lipinski definition) is 0. The number of benzene rings is 2. The van der Waals surface area contributed by atoms with Crippen LogP contribution in [-0.4, -0.2) is 17.6 Å². The van der Waals surface area contributed by atoms with Crippen LogP contribution in [0, 0.1) is 0 Å². The van der Waals surface area contributed by atoms with Crippen molar-refractivity contribution >= 4 is 17.6 Å². The summed E-state index contributed by atoms with van der Waals surface area (Å²) >= 11 is 6.24. The van der Waals surface area contributed by atoms with E-state index >= 15 is 0 Å². The first kappa shape index (κ1) is 22.4. The van der Waals surface area contributed by atoms with Crippen LogP contribution in [0.2, 0.25) is 5.02 Å². The molecule has 0 fully saturated rings. The third-order valence-electron chi connectivity index (χ3n) is 4.15. The second kappa shape index (κ2) is 10.6. The van der Waals surface area contributed by atoms with E-state index in [4.69, 9.17) is 16.3 Å². The van der Waals surface area contributed by atoms with Gasteiger partial charge in [0.1, 0.15) is 5.75 Å². The number of carboxylic acid groups (broad SMARTS) is 1. The number of aromatic carboxylic acids is 1. The zero-order valence-electron chi connectivity index (χ0n) is 15.9. The second-order valence-corrected chi connectivity index (χ2v) is 6.52. The van der Waals surface area contributed by atoms with Gasteiger partial charge >= 0.3 is 29.6 Å². The minimum absolute atomic E-state index is 0. The Kier molecular flexibility index (Phi) is 8.52. The Morgan fingerprint density at radius 1 is 1.04 bits per heavy atom. The molecule has 4 nitrogen and oxygen atoms in total. The number of aromatic nitrogens is 1. The van der Waals surface area contributed by atoms with Crippen LogP contribution in [0.4, 0.5) is 0 Å². The van der Waals surface area contributed by atoms with Gasteiger partial charge in [0, 0.05) is 16.1 Å². The van der Waals surface area contributed by atoms with Crippen LogP contribution in [0.15, 0.2) is 60.7 Å². The maximum absolute atomic E-state index is 11.2. The first-order valence-corrected chi connectivity index (χ1v) is 9.18. The molecule has 0 saturated heterocycles. The number of carbonyl (C=O) groups is 1. The van der Waals surface area contributed by atoms with Crippen LogP contribution in [0.3, 0.4) is 0 Å². The number of pyridine rings is 1. The van der Waals surface area contributed by atoms with E-state index in [0.29, 0.717) is 17.3 Å². The molecule has 1 heterocycles. The predicted octanol–water partition coefficient (Wildman–Crippen LogP) is 1.62. The second-order valence-electron chi connectivity index (χ2n) is 6.08. The summed E-state index contributed by atoms with van der Waals surface area (Å²) in [6.07, 6.45) is 2.00. The van der Waals surface area contributed by atoms with Crippen LogP contribution < -0.4 is 39.4 Å². The SMILES string of the molecule is CCCCOc1ccc(Cl)cc1-c1ccccc1-c1cccc(C(=O)[O-])n1.[Na+]. The average molecular weight is 404 g/mol. The third-order valence-corrected chi connectivity index (χ3v) is 4.38. The zero-order valence-corrected chi connectivity index (χ0v) is 18.7. The summed E-state index contributed by atoms with van der Waals surface area (Å²) in [6, 6.07) is 18.0. The van der Waals surface area contributed by atoms with Crippen molar-refractivity contribution in [1.82, 2.24) is 4.98 Å². The van der Waals surface area contributed by atoms with Crippen LogP contribution in [-0.2, 0) is 0 Å². The quantitative estimate of drug-likeness (QED) is 0.444. The predicted molar refractivity (Wildman–Crippen MR) is 105 cm³/mol. The summed E-state index contributed by atoms with van der Waals surface area (Å²) in [6.45, 7) is 2.73. The van der Waals surface area contributed by atoms with E-state index in [1.165, 1.54) is 6.07 Å². The van der Waals surface area contributed by atoms with E-state index in [2.05, 4.69) is 11.9 Å². The molecule has 3 aromatic rings. The van der Waals surface area contributed by atoms with Crippen molar-refractivity contribution in [2.24, 2.45) is 0 Å². The fourth-order valence-electron chi connectivity index (χ4n) is 2.80. The smallest absolute Gasteiger partial charge is 0.543 e. The van der Waals surface area contributed by atoms with Crippen molar-refractivity contribution in [3.05, 3.63) is 71.4 Å². The molecule has 0 bridgehead atoms. The molecule has 0 atom stereocenters. The maximum atomic E-state index is 11.2. The van der Waals surface area contributed by atoms with E-state index < -0.39 is 5.97 Å². The van der Waals surface area contributed by atoms with Crippen molar-refractivity contribution < 1.29 is 44.2 Å². The van der Waals surface area contributed by atoms with Crippen LogP contribution in [0.5, 0.6) is 5.75 Å². The molecule has 2 aromatic carbocycles. The Bertz CT molecular complexity index is 962. The largest absolute Gasteiger partial charge is 1.00 e. The number of unbranched alkanes of at least 4 members (excludes halogenated alkanes) is 1. The van der Waals surface area contributed by atoms with Gasteiger partial charge in [-0.05, 0) is 42.3 Å². The first-order valence-electron chi connectivity index (χ1n) is 8.80. The summed E-state index contributed by atoms with van der Waals surface area (Å²) in [5, 5.41) is 11.8. The standard InChI is InChI=1S/C22H20ClNO3.Na/c1-2-3-13-27-21-12-11-15(23)14-18(21)16-7-4-5-8-17(16)19-9-6-10-20(24-19)22(25)26;/h4-12,14H,2-3,13H2,1H3,(H,25,26);/q;+1/p-1. The summed E-state index contributed by atoms with van der Waals surface area (Å²) in [5.74, 6) is -0.572. The summed E-state index contributed by atoms with van der Waals surface area (Å²) in [7, 11) is 0. The molecule has 0 radical (unpaired) electrons. The van der Waals surface area contributed by atoms with Crippen molar-refractivity contribution in [2.75, 3.05) is 6.61 Å². The Hall–Kier alpha value is -1.85. The van der Waals surface area contributed by atoms with Crippen molar-refractivity contribution in [3.8, 4) is 28.1 Å². The monoisotopic (exact) mass is 403 g/mol. The van der Waals surface area contributed by atoms with Crippen LogP contribution in [0.1, 0.15) is 30.3 Å². The molecule has 6 heteroatoms. The van der Waals surface area contributed by atoms with Crippen molar-refractivity contribution in [3.63, 3.8) is 0 Å². The molecule has 0 saturated carbocycles. The minimum Gasteiger partial charge on any atom is -0.543 e. The van der Waals surface area contributed by atoms with Crippen LogP contribution >= 0.6 is 11.6 Å². The van der Waals surface area contributed by atoms with Gasteiger partial charge in [-0.15, -0.1) is 0 Å². The number of rotatable bonds is 7. The molecule has 0 aliphatic rings. The fraction of sp³-hybridized carbons (Fsp3) is 0.182. The summed E-state index contributed by atoms with van der Waals surface area (Å²) < 4.78 is 5.96. The molecule has 1 aromatic heterocycles. The average Bonchev–Trinajstić information content (AvgIpc) is 2.69. The number of carbonyl (C=O) groups excluding carboxylic acids is 1. The van der Waals surface area contributed by atoms with Gasteiger partial charge in [0.25, 0.3) is 0 Å².